The molecule has 0 spiro atoms. The largest absolute Gasteiger partial charge is 0.322 e. The van der Waals surface area contributed by atoms with Crippen molar-refractivity contribution in [3.8, 4) is 0 Å². The molecule has 1 aliphatic heterocycles. The Labute approximate surface area is 87.7 Å². The summed E-state index contributed by atoms with van der Waals surface area (Å²) in [7, 11) is 0. The first-order chi connectivity index (χ1) is 7.02. The summed E-state index contributed by atoms with van der Waals surface area (Å²) in [6, 6.07) is 7.10. The molecule has 0 radical (unpaired) electrons. The van der Waals surface area contributed by atoms with E-state index in [0.717, 1.165) is 11.1 Å². The average molecular weight is 204 g/mol. The molecule has 0 aromatic heterocycles. The quantitative estimate of drug-likeness (QED) is 0.672. The summed E-state index contributed by atoms with van der Waals surface area (Å²) in [5, 5.41) is 4.86. The third kappa shape index (κ3) is 1.48. The van der Waals surface area contributed by atoms with Crippen LogP contribution < -0.4 is 10.6 Å². The van der Waals surface area contributed by atoms with E-state index in [2.05, 4.69) is 10.6 Å². The highest BCUT2D eigenvalue weighted by Gasteiger charge is 2.43. The second-order valence-corrected chi connectivity index (χ2v) is 3.90. The van der Waals surface area contributed by atoms with Crippen molar-refractivity contribution >= 4 is 11.9 Å². The lowest BCUT2D eigenvalue weighted by Crippen LogP contribution is -2.40. The number of urea groups is 1. The number of amides is 3. The lowest BCUT2D eigenvalue weighted by atomic mass is 9.91. The molecule has 0 saturated carbocycles. The number of imide groups is 1. The number of benzene rings is 1. The molecular formula is C11H12N2O2. The van der Waals surface area contributed by atoms with Crippen LogP contribution in [0.3, 0.4) is 0 Å². The summed E-state index contributed by atoms with van der Waals surface area (Å²) in [4.78, 5) is 22.7. The summed E-state index contributed by atoms with van der Waals surface area (Å²) in [6.45, 7) is 3.64. The summed E-state index contributed by atoms with van der Waals surface area (Å²) in [5.74, 6) is -0.307. The Bertz CT molecular complexity index is 442. The molecular weight excluding hydrogens is 192 g/mol. The number of rotatable bonds is 1. The Hall–Kier alpha value is -1.84. The van der Waals surface area contributed by atoms with Gasteiger partial charge in [0, 0.05) is 0 Å². The first-order valence-electron chi connectivity index (χ1n) is 4.73. The van der Waals surface area contributed by atoms with Gasteiger partial charge in [0.15, 0.2) is 0 Å². The molecule has 78 valence electrons. The number of carbonyl (C=O) groups excluding carboxylic acids is 2. The van der Waals surface area contributed by atoms with E-state index in [0.29, 0.717) is 0 Å². The first-order valence-corrected chi connectivity index (χ1v) is 4.73. The predicted molar refractivity (Wildman–Crippen MR) is 55.2 cm³/mol. The van der Waals surface area contributed by atoms with Crippen LogP contribution in [0, 0.1) is 6.92 Å². The number of hydrogen-bond acceptors (Lipinski definition) is 2. The van der Waals surface area contributed by atoms with Crippen LogP contribution in [0.15, 0.2) is 24.3 Å². The fourth-order valence-corrected chi connectivity index (χ4v) is 1.70. The molecule has 15 heavy (non-hydrogen) atoms. The summed E-state index contributed by atoms with van der Waals surface area (Å²) in [6.07, 6.45) is 0. The molecule has 1 unspecified atom stereocenters. The Kier molecular flexibility index (Phi) is 2.00. The molecule has 0 bridgehead atoms. The number of nitrogens with one attached hydrogen (secondary N) is 2. The van der Waals surface area contributed by atoms with Crippen molar-refractivity contribution in [1.82, 2.24) is 10.6 Å². The maximum Gasteiger partial charge on any atom is 0.322 e. The molecule has 1 atom stereocenters. The average Bonchev–Trinajstić information content (AvgIpc) is 2.42. The van der Waals surface area contributed by atoms with E-state index in [1.807, 2.05) is 31.2 Å². The van der Waals surface area contributed by atoms with Gasteiger partial charge in [-0.25, -0.2) is 4.79 Å². The molecule has 1 heterocycles. The minimum atomic E-state index is -0.941. The maximum atomic E-state index is 11.6. The van der Waals surface area contributed by atoms with Crippen molar-refractivity contribution in [1.29, 1.82) is 0 Å². The van der Waals surface area contributed by atoms with Gasteiger partial charge in [-0.1, -0.05) is 29.8 Å². The Morgan fingerprint density at radius 3 is 2.53 bits per heavy atom. The van der Waals surface area contributed by atoms with Crippen molar-refractivity contribution < 1.29 is 9.59 Å². The van der Waals surface area contributed by atoms with Crippen LogP contribution >= 0.6 is 0 Å². The number of hydrogen-bond donors (Lipinski definition) is 2. The summed E-state index contributed by atoms with van der Waals surface area (Å²) >= 11 is 0. The lowest BCUT2D eigenvalue weighted by molar-refractivity contribution is -0.123. The van der Waals surface area contributed by atoms with Crippen LogP contribution in [-0.4, -0.2) is 11.9 Å². The first kappa shape index (κ1) is 9.71. The Balaban J connectivity index is 2.46. The van der Waals surface area contributed by atoms with Gasteiger partial charge in [0.1, 0.15) is 5.54 Å². The maximum absolute atomic E-state index is 11.6. The standard InChI is InChI=1S/C11H12N2O2/c1-7-4-3-5-8(6-7)11(2)9(14)12-10(15)13-11/h3-6H,1-2H3,(H2,12,13,14,15). The van der Waals surface area contributed by atoms with Gasteiger partial charge in [0.25, 0.3) is 5.91 Å². The van der Waals surface area contributed by atoms with E-state index < -0.39 is 11.6 Å². The Morgan fingerprint density at radius 2 is 2.00 bits per heavy atom. The van der Waals surface area contributed by atoms with E-state index in [9.17, 15) is 9.59 Å². The van der Waals surface area contributed by atoms with E-state index in [4.69, 9.17) is 0 Å². The van der Waals surface area contributed by atoms with Crippen LogP contribution in [0.4, 0.5) is 4.79 Å². The molecule has 1 saturated heterocycles. The lowest BCUT2D eigenvalue weighted by Gasteiger charge is -2.21. The summed E-state index contributed by atoms with van der Waals surface area (Å²) in [5.41, 5.74) is 0.914. The van der Waals surface area contributed by atoms with Crippen molar-refractivity contribution in [3.63, 3.8) is 0 Å². The zero-order valence-corrected chi connectivity index (χ0v) is 8.63. The predicted octanol–water partition coefficient (Wildman–Crippen LogP) is 1.05. The Morgan fingerprint density at radius 1 is 1.27 bits per heavy atom. The topological polar surface area (TPSA) is 58.2 Å². The normalized spacial score (nSPS) is 24.9. The van der Waals surface area contributed by atoms with E-state index in [1.165, 1.54) is 0 Å². The fraction of sp³-hybridized carbons (Fsp3) is 0.273. The molecule has 1 aromatic carbocycles. The van der Waals surface area contributed by atoms with E-state index in [-0.39, 0.29) is 5.91 Å². The zero-order chi connectivity index (χ0) is 11.1. The van der Waals surface area contributed by atoms with Crippen LogP contribution in [-0.2, 0) is 10.3 Å². The van der Waals surface area contributed by atoms with E-state index in [1.54, 1.807) is 6.92 Å². The van der Waals surface area contributed by atoms with Gasteiger partial charge in [0.05, 0.1) is 0 Å². The van der Waals surface area contributed by atoms with Crippen molar-refractivity contribution in [2.45, 2.75) is 19.4 Å². The highest BCUT2D eigenvalue weighted by Crippen LogP contribution is 2.24. The smallest absolute Gasteiger partial charge is 0.320 e. The van der Waals surface area contributed by atoms with Crippen LogP contribution in [0.2, 0.25) is 0 Å². The highest BCUT2D eigenvalue weighted by molar-refractivity contribution is 6.07. The molecule has 3 amide bonds. The molecule has 2 N–H and O–H groups in total. The fourth-order valence-electron chi connectivity index (χ4n) is 1.70. The van der Waals surface area contributed by atoms with Gasteiger partial charge in [-0.05, 0) is 19.4 Å². The van der Waals surface area contributed by atoms with Crippen molar-refractivity contribution in [2.24, 2.45) is 0 Å². The minimum absolute atomic E-state index is 0.307. The highest BCUT2D eigenvalue weighted by atomic mass is 16.2. The molecule has 1 aromatic rings. The second kappa shape index (κ2) is 3.08. The molecule has 4 heteroatoms. The van der Waals surface area contributed by atoms with Crippen molar-refractivity contribution in [2.75, 3.05) is 0 Å². The molecule has 1 fully saturated rings. The molecule has 1 aliphatic rings. The van der Waals surface area contributed by atoms with Crippen LogP contribution in [0.5, 0.6) is 0 Å². The van der Waals surface area contributed by atoms with Gasteiger partial charge in [-0.15, -0.1) is 0 Å². The van der Waals surface area contributed by atoms with Gasteiger partial charge < -0.3 is 5.32 Å². The van der Waals surface area contributed by atoms with Gasteiger partial charge >= 0.3 is 6.03 Å². The second-order valence-electron chi connectivity index (χ2n) is 3.90. The third-order valence-electron chi connectivity index (χ3n) is 2.64. The SMILES string of the molecule is Cc1cccc(C2(C)NC(=O)NC2=O)c1. The third-order valence-corrected chi connectivity index (χ3v) is 2.64. The van der Waals surface area contributed by atoms with Crippen LogP contribution in [0.25, 0.3) is 0 Å². The van der Waals surface area contributed by atoms with E-state index >= 15 is 0 Å². The number of aryl methyl sites for hydroxylation is 1. The van der Waals surface area contributed by atoms with Gasteiger partial charge in [-0.2, -0.15) is 0 Å². The molecule has 4 nitrogen and oxygen atoms in total. The van der Waals surface area contributed by atoms with Gasteiger partial charge in [-0.3, -0.25) is 10.1 Å². The monoisotopic (exact) mass is 204 g/mol. The zero-order valence-electron chi connectivity index (χ0n) is 8.63. The summed E-state index contributed by atoms with van der Waals surface area (Å²) < 4.78 is 0. The minimum Gasteiger partial charge on any atom is -0.320 e. The van der Waals surface area contributed by atoms with Gasteiger partial charge in [0.2, 0.25) is 0 Å². The number of carbonyl (C=O) groups is 2. The molecule has 2 rings (SSSR count). The van der Waals surface area contributed by atoms with Crippen LogP contribution in [0.1, 0.15) is 18.1 Å². The molecule has 0 aliphatic carbocycles. The van der Waals surface area contributed by atoms with Crippen molar-refractivity contribution in [3.05, 3.63) is 35.4 Å².